The van der Waals surface area contributed by atoms with Crippen molar-refractivity contribution in [3.8, 4) is 0 Å². The van der Waals surface area contributed by atoms with E-state index in [4.69, 9.17) is 5.11 Å². The van der Waals surface area contributed by atoms with Gasteiger partial charge in [-0.1, -0.05) is 11.6 Å². The summed E-state index contributed by atoms with van der Waals surface area (Å²) in [5, 5.41) is 9.03. The number of aliphatic hydroxyl groups excluding tert-OH is 1. The SMILES string of the molecule is Cc1cn(C/C=C2/CCC2CO)c(=O)[nH]c1=O. The van der Waals surface area contributed by atoms with Crippen LogP contribution in [0.3, 0.4) is 0 Å². The third kappa shape index (κ3) is 2.39. The van der Waals surface area contributed by atoms with E-state index >= 15 is 0 Å². The zero-order valence-electron chi connectivity index (χ0n) is 9.77. The molecule has 5 heteroatoms. The van der Waals surface area contributed by atoms with Crippen molar-refractivity contribution in [3.63, 3.8) is 0 Å². The number of aryl methyl sites for hydroxylation is 1. The molecule has 0 bridgehead atoms. The monoisotopic (exact) mass is 236 g/mol. The summed E-state index contributed by atoms with van der Waals surface area (Å²) in [6, 6.07) is 0. The van der Waals surface area contributed by atoms with Gasteiger partial charge in [-0.25, -0.2) is 4.79 Å². The molecule has 1 fully saturated rings. The molecule has 0 aliphatic heterocycles. The molecule has 0 aromatic carbocycles. The first-order valence-electron chi connectivity index (χ1n) is 5.72. The Morgan fingerprint density at radius 3 is 2.94 bits per heavy atom. The van der Waals surface area contributed by atoms with Crippen LogP contribution in [0.15, 0.2) is 27.4 Å². The van der Waals surface area contributed by atoms with Crippen LogP contribution in [0.25, 0.3) is 0 Å². The third-order valence-corrected chi connectivity index (χ3v) is 3.27. The lowest BCUT2D eigenvalue weighted by molar-refractivity contribution is 0.211. The van der Waals surface area contributed by atoms with E-state index in [9.17, 15) is 9.59 Å². The maximum Gasteiger partial charge on any atom is 0.328 e. The van der Waals surface area contributed by atoms with Gasteiger partial charge in [-0.05, 0) is 19.8 Å². The van der Waals surface area contributed by atoms with Gasteiger partial charge in [0.2, 0.25) is 0 Å². The lowest BCUT2D eigenvalue weighted by Crippen LogP contribution is -2.31. The van der Waals surface area contributed by atoms with Crippen molar-refractivity contribution in [2.45, 2.75) is 26.3 Å². The number of allylic oxidation sites excluding steroid dienone is 1. The fourth-order valence-corrected chi connectivity index (χ4v) is 1.96. The van der Waals surface area contributed by atoms with Crippen molar-refractivity contribution in [1.82, 2.24) is 9.55 Å². The maximum absolute atomic E-state index is 11.5. The van der Waals surface area contributed by atoms with Crippen molar-refractivity contribution in [2.75, 3.05) is 6.61 Å². The highest BCUT2D eigenvalue weighted by Crippen LogP contribution is 2.32. The molecule has 1 aromatic rings. The van der Waals surface area contributed by atoms with Crippen molar-refractivity contribution in [1.29, 1.82) is 0 Å². The standard InChI is InChI=1S/C12H16N2O3/c1-8-6-14(12(17)13-11(8)16)5-4-9-2-3-10(9)7-15/h4,6,10,15H,2-3,5,7H2,1H3,(H,13,16,17)/b9-4-. The summed E-state index contributed by atoms with van der Waals surface area (Å²) < 4.78 is 1.47. The molecule has 0 saturated heterocycles. The first-order chi connectivity index (χ1) is 8.11. The Morgan fingerprint density at radius 2 is 2.35 bits per heavy atom. The molecule has 1 unspecified atom stereocenters. The van der Waals surface area contributed by atoms with E-state index < -0.39 is 5.69 Å². The van der Waals surface area contributed by atoms with E-state index in [1.165, 1.54) is 10.1 Å². The topological polar surface area (TPSA) is 75.1 Å². The average molecular weight is 236 g/mol. The minimum absolute atomic E-state index is 0.172. The second kappa shape index (κ2) is 4.71. The molecule has 1 atom stereocenters. The Balaban J connectivity index is 2.17. The summed E-state index contributed by atoms with van der Waals surface area (Å²) in [6.45, 7) is 2.29. The molecule has 1 heterocycles. The van der Waals surface area contributed by atoms with Gasteiger partial charge in [0, 0.05) is 30.8 Å². The fourth-order valence-electron chi connectivity index (χ4n) is 1.96. The van der Waals surface area contributed by atoms with Crippen LogP contribution in [0.5, 0.6) is 0 Å². The zero-order valence-corrected chi connectivity index (χ0v) is 9.77. The zero-order chi connectivity index (χ0) is 12.4. The first-order valence-corrected chi connectivity index (χ1v) is 5.72. The van der Waals surface area contributed by atoms with Gasteiger partial charge in [0.1, 0.15) is 0 Å². The molecule has 2 rings (SSSR count). The molecular weight excluding hydrogens is 220 g/mol. The number of hydrogen-bond donors (Lipinski definition) is 2. The molecule has 1 saturated carbocycles. The Hall–Kier alpha value is -1.62. The van der Waals surface area contributed by atoms with Crippen LogP contribution in [0.1, 0.15) is 18.4 Å². The van der Waals surface area contributed by atoms with E-state index in [0.29, 0.717) is 12.1 Å². The maximum atomic E-state index is 11.5. The van der Waals surface area contributed by atoms with Crippen molar-refractivity contribution < 1.29 is 5.11 Å². The minimum Gasteiger partial charge on any atom is -0.396 e. The fraction of sp³-hybridized carbons (Fsp3) is 0.500. The lowest BCUT2D eigenvalue weighted by atomic mass is 9.80. The highest BCUT2D eigenvalue weighted by molar-refractivity contribution is 5.15. The quantitative estimate of drug-likeness (QED) is 0.735. The normalized spacial score (nSPS) is 21.5. The molecule has 0 spiro atoms. The molecule has 1 aromatic heterocycles. The van der Waals surface area contributed by atoms with E-state index in [-0.39, 0.29) is 18.1 Å². The van der Waals surface area contributed by atoms with Crippen LogP contribution < -0.4 is 11.2 Å². The van der Waals surface area contributed by atoms with Gasteiger partial charge in [-0.15, -0.1) is 0 Å². The number of aromatic amines is 1. The second-order valence-corrected chi connectivity index (χ2v) is 4.42. The lowest BCUT2D eigenvalue weighted by Gasteiger charge is -2.28. The highest BCUT2D eigenvalue weighted by atomic mass is 16.3. The van der Waals surface area contributed by atoms with Crippen LogP contribution in [0.2, 0.25) is 0 Å². The van der Waals surface area contributed by atoms with Crippen molar-refractivity contribution in [3.05, 3.63) is 44.2 Å². The number of aromatic nitrogens is 2. The van der Waals surface area contributed by atoms with Gasteiger partial charge in [-0.3, -0.25) is 14.3 Å². The predicted molar refractivity (Wildman–Crippen MR) is 64.0 cm³/mol. The van der Waals surface area contributed by atoms with Gasteiger partial charge >= 0.3 is 5.69 Å². The third-order valence-electron chi connectivity index (χ3n) is 3.27. The number of rotatable bonds is 3. The van der Waals surface area contributed by atoms with Crippen LogP contribution in [0, 0.1) is 12.8 Å². The van der Waals surface area contributed by atoms with Gasteiger partial charge in [-0.2, -0.15) is 0 Å². The van der Waals surface area contributed by atoms with Crippen molar-refractivity contribution in [2.24, 2.45) is 5.92 Å². The molecule has 0 amide bonds. The number of H-pyrrole nitrogens is 1. The number of hydrogen-bond acceptors (Lipinski definition) is 3. The largest absolute Gasteiger partial charge is 0.396 e. The Bertz CT molecular complexity index is 552. The number of nitrogens with zero attached hydrogens (tertiary/aromatic N) is 1. The molecule has 1 aliphatic carbocycles. The minimum atomic E-state index is -0.391. The predicted octanol–water partition coefficient (Wildman–Crippen LogP) is 0.174. The Kier molecular flexibility index (Phi) is 3.28. The van der Waals surface area contributed by atoms with Gasteiger partial charge in [0.15, 0.2) is 0 Å². The number of nitrogens with one attached hydrogen (secondary N) is 1. The van der Waals surface area contributed by atoms with E-state index in [2.05, 4.69) is 4.98 Å². The van der Waals surface area contributed by atoms with E-state index in [1.807, 2.05) is 6.08 Å². The van der Waals surface area contributed by atoms with Gasteiger partial charge in [0.05, 0.1) is 0 Å². The van der Waals surface area contributed by atoms with Crippen LogP contribution in [0.4, 0.5) is 0 Å². The molecule has 1 aliphatic rings. The Morgan fingerprint density at radius 1 is 1.59 bits per heavy atom. The molecule has 17 heavy (non-hydrogen) atoms. The smallest absolute Gasteiger partial charge is 0.328 e. The summed E-state index contributed by atoms with van der Waals surface area (Å²) in [6.07, 6.45) is 5.53. The van der Waals surface area contributed by atoms with Crippen LogP contribution >= 0.6 is 0 Å². The van der Waals surface area contributed by atoms with Gasteiger partial charge < -0.3 is 5.11 Å². The average Bonchev–Trinajstić information content (AvgIpc) is 2.24. The summed E-state index contributed by atoms with van der Waals surface area (Å²) in [5.41, 5.74) is 0.992. The molecule has 92 valence electrons. The summed E-state index contributed by atoms with van der Waals surface area (Å²) in [5.74, 6) is 0.259. The summed E-state index contributed by atoms with van der Waals surface area (Å²) in [7, 11) is 0. The summed E-state index contributed by atoms with van der Waals surface area (Å²) >= 11 is 0. The number of aliphatic hydroxyl groups is 1. The molecule has 0 radical (unpaired) electrons. The van der Waals surface area contributed by atoms with Crippen LogP contribution in [-0.2, 0) is 6.54 Å². The second-order valence-electron chi connectivity index (χ2n) is 4.42. The molecular formula is C12H16N2O3. The Labute approximate surface area is 98.4 Å². The van der Waals surface area contributed by atoms with Gasteiger partial charge in [0.25, 0.3) is 5.56 Å². The van der Waals surface area contributed by atoms with Crippen molar-refractivity contribution >= 4 is 0 Å². The summed E-state index contributed by atoms with van der Waals surface area (Å²) in [4.78, 5) is 24.9. The first kappa shape index (κ1) is 11.9. The van der Waals surface area contributed by atoms with Crippen LogP contribution in [-0.4, -0.2) is 21.3 Å². The highest BCUT2D eigenvalue weighted by Gasteiger charge is 2.22. The van der Waals surface area contributed by atoms with E-state index in [0.717, 1.165) is 12.8 Å². The van der Waals surface area contributed by atoms with E-state index in [1.54, 1.807) is 13.1 Å². The molecule has 5 nitrogen and oxygen atoms in total. The molecule has 2 N–H and O–H groups in total.